The summed E-state index contributed by atoms with van der Waals surface area (Å²) in [5, 5.41) is 25.2. The van der Waals surface area contributed by atoms with Gasteiger partial charge in [-0.25, -0.2) is 0 Å². The number of nitrogens with zero attached hydrogens (tertiary/aromatic N) is 1. The summed E-state index contributed by atoms with van der Waals surface area (Å²) in [7, 11) is 1.78. The van der Waals surface area contributed by atoms with Crippen molar-refractivity contribution < 1.29 is 29.3 Å². The lowest BCUT2D eigenvalue weighted by Crippen LogP contribution is -2.47. The number of aliphatic carboxylic acids is 1. The van der Waals surface area contributed by atoms with E-state index in [2.05, 4.69) is 15.5 Å². The van der Waals surface area contributed by atoms with Crippen molar-refractivity contribution in [1.82, 2.24) is 10.2 Å². The van der Waals surface area contributed by atoms with E-state index in [1.807, 2.05) is 6.07 Å². The van der Waals surface area contributed by atoms with E-state index in [0.717, 1.165) is 25.1 Å². The second-order valence-corrected chi connectivity index (χ2v) is 7.78. The van der Waals surface area contributed by atoms with Crippen molar-refractivity contribution >= 4 is 17.6 Å². The minimum absolute atomic E-state index is 0.0482. The third-order valence-electron chi connectivity index (χ3n) is 5.58. The lowest BCUT2D eigenvalue weighted by atomic mass is 9.93. The molecular formula is C21H31N3O6. The molecule has 0 aromatic heterocycles. The van der Waals surface area contributed by atoms with Crippen molar-refractivity contribution in [3.63, 3.8) is 0 Å². The molecule has 0 aliphatic carbocycles. The van der Waals surface area contributed by atoms with Gasteiger partial charge in [-0.15, -0.1) is 0 Å². The van der Waals surface area contributed by atoms with Crippen molar-refractivity contribution in [1.29, 1.82) is 0 Å². The number of β-amino-alcohol motifs (C(OH)–C–C–N with tert-alkyl or cyclic N) is 1. The van der Waals surface area contributed by atoms with Gasteiger partial charge < -0.3 is 35.2 Å². The molecule has 1 aromatic rings. The summed E-state index contributed by atoms with van der Waals surface area (Å²) in [5.41, 5.74) is 1.18. The van der Waals surface area contributed by atoms with Gasteiger partial charge in [-0.3, -0.25) is 9.59 Å². The molecule has 1 fully saturated rings. The van der Waals surface area contributed by atoms with E-state index < -0.39 is 12.1 Å². The van der Waals surface area contributed by atoms with Gasteiger partial charge in [0.2, 0.25) is 0 Å². The number of ether oxygens (including phenoxy) is 2. The maximum atomic E-state index is 12.9. The van der Waals surface area contributed by atoms with Crippen molar-refractivity contribution in [2.75, 3.05) is 51.8 Å². The molecule has 2 heterocycles. The molecule has 1 aromatic carbocycles. The number of carbonyl (C=O) groups is 2. The lowest BCUT2D eigenvalue weighted by Gasteiger charge is -2.36. The fraction of sp³-hybridized carbons (Fsp3) is 0.619. The number of aliphatic hydroxyl groups excluding tert-OH is 1. The van der Waals surface area contributed by atoms with E-state index >= 15 is 0 Å². The van der Waals surface area contributed by atoms with E-state index in [-0.39, 0.29) is 18.2 Å². The highest BCUT2D eigenvalue weighted by Crippen LogP contribution is 2.36. The van der Waals surface area contributed by atoms with Gasteiger partial charge in [-0.1, -0.05) is 0 Å². The number of piperidine rings is 1. The topological polar surface area (TPSA) is 120 Å². The molecule has 2 atom stereocenters. The minimum atomic E-state index is -0.803. The monoisotopic (exact) mass is 421 g/mol. The number of carbonyl (C=O) groups excluding carboxylic acids is 1. The molecule has 4 N–H and O–H groups in total. The van der Waals surface area contributed by atoms with Crippen LogP contribution < -0.4 is 20.1 Å². The molecule has 9 heteroatoms. The quantitative estimate of drug-likeness (QED) is 0.494. The average molecular weight is 421 g/mol. The number of fused-ring (bicyclic) bond motifs is 1. The van der Waals surface area contributed by atoms with E-state index in [1.165, 1.54) is 0 Å². The number of benzene rings is 1. The van der Waals surface area contributed by atoms with Crippen LogP contribution in [0.4, 0.5) is 5.69 Å². The predicted octanol–water partition coefficient (Wildman–Crippen LogP) is 1.17. The van der Waals surface area contributed by atoms with Crippen LogP contribution in [0.15, 0.2) is 12.1 Å². The first-order valence-electron chi connectivity index (χ1n) is 10.5. The van der Waals surface area contributed by atoms with Gasteiger partial charge in [0.15, 0.2) is 11.5 Å². The zero-order valence-corrected chi connectivity index (χ0v) is 17.4. The second kappa shape index (κ2) is 10.5. The van der Waals surface area contributed by atoms with Crippen LogP contribution in [0.5, 0.6) is 11.5 Å². The van der Waals surface area contributed by atoms with Crippen LogP contribution in [-0.4, -0.2) is 79.5 Å². The lowest BCUT2D eigenvalue weighted by molar-refractivity contribution is -0.137. The zero-order valence-electron chi connectivity index (χ0n) is 17.4. The number of rotatable bonds is 8. The Morgan fingerprint density at radius 3 is 2.80 bits per heavy atom. The summed E-state index contributed by atoms with van der Waals surface area (Å²) in [6, 6.07) is 3.56. The summed E-state index contributed by atoms with van der Waals surface area (Å²) in [5.74, 6) is -0.0994. The third-order valence-corrected chi connectivity index (χ3v) is 5.58. The maximum Gasteiger partial charge on any atom is 0.303 e. The first-order chi connectivity index (χ1) is 14.5. The summed E-state index contributed by atoms with van der Waals surface area (Å²) < 4.78 is 11.5. The number of aliphatic hydroxyl groups is 1. The van der Waals surface area contributed by atoms with Gasteiger partial charge >= 0.3 is 5.97 Å². The highest BCUT2D eigenvalue weighted by Gasteiger charge is 2.29. The van der Waals surface area contributed by atoms with Gasteiger partial charge in [-0.2, -0.15) is 0 Å². The normalized spacial score (nSPS) is 21.5. The first-order valence-corrected chi connectivity index (χ1v) is 10.5. The summed E-state index contributed by atoms with van der Waals surface area (Å²) >= 11 is 0. The minimum Gasteiger partial charge on any atom is -0.489 e. The number of hydrogen-bond acceptors (Lipinski definition) is 7. The van der Waals surface area contributed by atoms with Gasteiger partial charge in [0.1, 0.15) is 0 Å². The highest BCUT2D eigenvalue weighted by atomic mass is 16.5. The fourth-order valence-electron chi connectivity index (χ4n) is 3.85. The number of nitrogens with one attached hydrogen (secondary N) is 2. The SMILES string of the molecule is CNc1cc2c(c(C(=O)NC[C@@H]3CCN(CCCC(=O)O)CC3O)c1)OCCCO2. The zero-order chi connectivity index (χ0) is 21.5. The van der Waals surface area contributed by atoms with Gasteiger partial charge in [0.25, 0.3) is 5.91 Å². The second-order valence-electron chi connectivity index (χ2n) is 7.78. The van der Waals surface area contributed by atoms with Crippen LogP contribution in [0.25, 0.3) is 0 Å². The van der Waals surface area contributed by atoms with E-state index in [0.29, 0.717) is 56.3 Å². The Morgan fingerprint density at radius 2 is 2.07 bits per heavy atom. The molecule has 0 radical (unpaired) electrons. The number of carboxylic acid groups (broad SMARTS) is 1. The van der Waals surface area contributed by atoms with E-state index in [1.54, 1.807) is 13.1 Å². The maximum absolute atomic E-state index is 12.9. The standard InChI is InChI=1S/C21H31N3O6/c1-22-15-10-16(20-18(11-15)29-8-3-9-30-20)21(28)23-12-14-5-7-24(13-17(14)25)6-2-4-19(26)27/h10-11,14,17,22,25H,2-9,12-13H2,1H3,(H,23,28)(H,26,27)/t14-,17?/m0/s1. The van der Waals surface area contributed by atoms with Crippen LogP contribution in [0, 0.1) is 5.92 Å². The van der Waals surface area contributed by atoms with Crippen LogP contribution in [0.1, 0.15) is 36.0 Å². The van der Waals surface area contributed by atoms with Gasteiger partial charge in [0, 0.05) is 50.7 Å². The molecule has 1 saturated heterocycles. The molecule has 0 bridgehead atoms. The molecule has 0 spiro atoms. The van der Waals surface area contributed by atoms with Crippen molar-refractivity contribution in [2.24, 2.45) is 5.92 Å². The number of carboxylic acids is 1. The van der Waals surface area contributed by atoms with E-state index in [9.17, 15) is 14.7 Å². The smallest absolute Gasteiger partial charge is 0.303 e. The number of likely N-dealkylation sites (tertiary alicyclic amines) is 1. The molecule has 1 amide bonds. The molecule has 9 nitrogen and oxygen atoms in total. The number of hydrogen-bond donors (Lipinski definition) is 4. The number of anilines is 1. The number of amides is 1. The Bertz CT molecular complexity index is 757. The van der Waals surface area contributed by atoms with Crippen molar-refractivity contribution in [2.45, 2.75) is 31.8 Å². The van der Waals surface area contributed by atoms with Crippen LogP contribution in [0.3, 0.4) is 0 Å². The van der Waals surface area contributed by atoms with Crippen LogP contribution >= 0.6 is 0 Å². The summed E-state index contributed by atoms with van der Waals surface area (Å²) in [6.45, 7) is 3.31. The Hall–Kier alpha value is -2.52. The van der Waals surface area contributed by atoms with E-state index in [4.69, 9.17) is 14.6 Å². The highest BCUT2D eigenvalue weighted by molar-refractivity contribution is 5.99. The largest absolute Gasteiger partial charge is 0.489 e. The van der Waals surface area contributed by atoms with Crippen LogP contribution in [-0.2, 0) is 4.79 Å². The van der Waals surface area contributed by atoms with Crippen molar-refractivity contribution in [3.05, 3.63) is 17.7 Å². The summed E-state index contributed by atoms with van der Waals surface area (Å²) in [4.78, 5) is 25.6. The predicted molar refractivity (Wildman–Crippen MR) is 111 cm³/mol. The van der Waals surface area contributed by atoms with Crippen molar-refractivity contribution in [3.8, 4) is 11.5 Å². The van der Waals surface area contributed by atoms with Crippen LogP contribution in [0.2, 0.25) is 0 Å². The Morgan fingerprint density at radius 1 is 1.27 bits per heavy atom. The summed E-state index contributed by atoms with van der Waals surface area (Å²) in [6.07, 6.45) is 1.63. The molecule has 1 unspecified atom stereocenters. The van der Waals surface area contributed by atoms with Gasteiger partial charge in [-0.05, 0) is 32.0 Å². The van der Waals surface area contributed by atoms with Gasteiger partial charge in [0.05, 0.1) is 24.9 Å². The molecule has 166 valence electrons. The molecule has 2 aliphatic rings. The molecule has 2 aliphatic heterocycles. The molecule has 0 saturated carbocycles. The Labute approximate surface area is 176 Å². The Balaban J connectivity index is 1.56. The fourth-order valence-corrected chi connectivity index (χ4v) is 3.85. The third kappa shape index (κ3) is 5.76. The average Bonchev–Trinajstić information content (AvgIpc) is 2.97. The molecular weight excluding hydrogens is 390 g/mol. The molecule has 3 rings (SSSR count). The first kappa shape index (κ1) is 22.2. The molecule has 30 heavy (non-hydrogen) atoms. The Kier molecular flexibility index (Phi) is 7.75.